The number of nitrogens with zero attached hydrogens (tertiary/aromatic N) is 1. The Balaban J connectivity index is 0.00000261. The number of anilines is 1. The van der Waals surface area contributed by atoms with Gasteiger partial charge < -0.3 is 20.7 Å². The van der Waals surface area contributed by atoms with Gasteiger partial charge in [0.1, 0.15) is 0 Å². The minimum atomic E-state index is 0. The second-order valence-electron chi connectivity index (χ2n) is 7.39. The van der Waals surface area contributed by atoms with E-state index in [2.05, 4.69) is 12.2 Å². The first-order chi connectivity index (χ1) is 12.6. The lowest BCUT2D eigenvalue weighted by molar-refractivity contribution is -0.117. The van der Waals surface area contributed by atoms with Gasteiger partial charge in [-0.2, -0.15) is 0 Å². The van der Waals surface area contributed by atoms with E-state index in [-0.39, 0.29) is 36.2 Å². The van der Waals surface area contributed by atoms with Gasteiger partial charge in [0.25, 0.3) is 5.91 Å². The molecule has 2 atom stereocenters. The Morgan fingerprint density at radius 3 is 2.63 bits per heavy atom. The smallest absolute Gasteiger partial charge is 0.253 e. The van der Waals surface area contributed by atoms with E-state index in [9.17, 15) is 9.59 Å². The molecule has 2 amide bonds. The fourth-order valence-corrected chi connectivity index (χ4v) is 3.39. The number of amides is 2. The Bertz CT molecular complexity index is 647. The first-order valence-electron chi connectivity index (χ1n) is 9.60. The average Bonchev–Trinajstić information content (AvgIpc) is 3.39. The molecular weight excluding hydrogens is 366 g/mol. The van der Waals surface area contributed by atoms with Crippen LogP contribution in [0.4, 0.5) is 5.69 Å². The van der Waals surface area contributed by atoms with Crippen molar-refractivity contribution in [2.75, 3.05) is 31.6 Å². The molecule has 1 aliphatic carbocycles. The molecule has 1 heterocycles. The molecule has 0 aromatic heterocycles. The monoisotopic (exact) mass is 395 g/mol. The van der Waals surface area contributed by atoms with Gasteiger partial charge in [-0.3, -0.25) is 9.59 Å². The number of piperidine rings is 1. The Labute approximate surface area is 167 Å². The maximum atomic E-state index is 12.8. The predicted molar refractivity (Wildman–Crippen MR) is 108 cm³/mol. The molecule has 6 nitrogen and oxygen atoms in total. The van der Waals surface area contributed by atoms with Crippen LogP contribution >= 0.6 is 12.4 Å². The van der Waals surface area contributed by atoms with Crippen molar-refractivity contribution in [3.8, 4) is 0 Å². The number of hydrogen-bond donors (Lipinski definition) is 2. The molecule has 27 heavy (non-hydrogen) atoms. The van der Waals surface area contributed by atoms with Crippen molar-refractivity contribution < 1.29 is 14.3 Å². The number of likely N-dealkylation sites (tertiary alicyclic amines) is 1. The topological polar surface area (TPSA) is 84.7 Å². The van der Waals surface area contributed by atoms with Crippen molar-refractivity contribution in [2.24, 2.45) is 17.6 Å². The van der Waals surface area contributed by atoms with E-state index in [1.54, 1.807) is 6.07 Å². The van der Waals surface area contributed by atoms with Crippen LogP contribution in [0.5, 0.6) is 0 Å². The largest absolute Gasteiger partial charge is 0.378 e. The Morgan fingerprint density at radius 2 is 2.00 bits per heavy atom. The van der Waals surface area contributed by atoms with Crippen LogP contribution in [0.25, 0.3) is 0 Å². The fourth-order valence-electron chi connectivity index (χ4n) is 3.39. The van der Waals surface area contributed by atoms with Crippen LogP contribution in [0.3, 0.4) is 0 Å². The lowest BCUT2D eigenvalue weighted by atomic mass is 10.1. The van der Waals surface area contributed by atoms with Gasteiger partial charge in [-0.05, 0) is 56.3 Å². The molecule has 7 heteroatoms. The molecule has 1 aliphatic heterocycles. The molecule has 1 saturated carbocycles. The van der Waals surface area contributed by atoms with Crippen LogP contribution in [-0.2, 0) is 9.53 Å². The molecular formula is C20H30ClN3O3. The Kier molecular flexibility index (Phi) is 8.07. The van der Waals surface area contributed by atoms with E-state index in [1.165, 1.54) is 0 Å². The van der Waals surface area contributed by atoms with Crippen molar-refractivity contribution in [1.29, 1.82) is 0 Å². The SMILES string of the molecule is CC1CC1C(=O)Nc1cccc(C(=O)N2CCC(OCCCN)CC2)c1.Cl. The van der Waals surface area contributed by atoms with Crippen molar-refractivity contribution in [3.05, 3.63) is 29.8 Å². The lowest BCUT2D eigenvalue weighted by Crippen LogP contribution is -2.41. The summed E-state index contributed by atoms with van der Waals surface area (Å²) in [6.45, 7) is 4.80. The van der Waals surface area contributed by atoms with E-state index < -0.39 is 0 Å². The second kappa shape index (κ2) is 10.1. The van der Waals surface area contributed by atoms with Gasteiger partial charge in [-0.15, -0.1) is 12.4 Å². The number of ether oxygens (including phenoxy) is 1. The van der Waals surface area contributed by atoms with Crippen LogP contribution in [0.2, 0.25) is 0 Å². The first kappa shape index (κ1) is 21.7. The van der Waals surface area contributed by atoms with E-state index in [0.29, 0.717) is 43.4 Å². The van der Waals surface area contributed by atoms with Crippen molar-refractivity contribution in [2.45, 2.75) is 38.7 Å². The van der Waals surface area contributed by atoms with Gasteiger partial charge in [0.15, 0.2) is 0 Å². The third kappa shape index (κ3) is 5.92. The van der Waals surface area contributed by atoms with E-state index >= 15 is 0 Å². The summed E-state index contributed by atoms with van der Waals surface area (Å²) in [6, 6.07) is 7.24. The third-order valence-corrected chi connectivity index (χ3v) is 5.25. The number of benzene rings is 1. The molecule has 1 aromatic rings. The molecule has 0 bridgehead atoms. The highest BCUT2D eigenvalue weighted by Gasteiger charge is 2.39. The van der Waals surface area contributed by atoms with Crippen LogP contribution in [0.1, 0.15) is 43.0 Å². The van der Waals surface area contributed by atoms with Gasteiger partial charge >= 0.3 is 0 Å². The highest BCUT2D eigenvalue weighted by molar-refractivity contribution is 5.98. The molecule has 2 fully saturated rings. The highest BCUT2D eigenvalue weighted by atomic mass is 35.5. The highest BCUT2D eigenvalue weighted by Crippen LogP contribution is 2.38. The molecule has 1 saturated heterocycles. The number of halogens is 1. The molecule has 3 N–H and O–H groups in total. The molecule has 1 aromatic carbocycles. The second-order valence-corrected chi connectivity index (χ2v) is 7.39. The number of nitrogens with two attached hydrogens (primary N) is 1. The maximum absolute atomic E-state index is 12.8. The van der Waals surface area contributed by atoms with Crippen LogP contribution in [0, 0.1) is 11.8 Å². The standard InChI is InChI=1S/C20H29N3O3.ClH/c1-14-12-18(14)19(24)22-16-5-2-4-15(13-16)20(25)23-9-6-17(7-10-23)26-11-3-8-21;/h2,4-5,13-14,17-18H,3,6-12,21H2,1H3,(H,22,24);1H. The Morgan fingerprint density at radius 1 is 1.30 bits per heavy atom. The zero-order valence-electron chi connectivity index (χ0n) is 15.9. The molecule has 2 unspecified atom stereocenters. The quantitative estimate of drug-likeness (QED) is 0.695. The van der Waals surface area contributed by atoms with Crippen LogP contribution in [-0.4, -0.2) is 49.1 Å². The zero-order chi connectivity index (χ0) is 18.5. The Hall–Kier alpha value is -1.63. The molecule has 0 radical (unpaired) electrons. The summed E-state index contributed by atoms with van der Waals surface area (Å²) in [5.41, 5.74) is 6.79. The number of rotatable bonds is 7. The summed E-state index contributed by atoms with van der Waals surface area (Å²) in [5.74, 6) is 0.652. The van der Waals surface area contributed by atoms with Crippen LogP contribution in [0.15, 0.2) is 24.3 Å². The van der Waals surface area contributed by atoms with Gasteiger partial charge in [-0.25, -0.2) is 0 Å². The van der Waals surface area contributed by atoms with Crippen molar-refractivity contribution >= 4 is 29.9 Å². The van der Waals surface area contributed by atoms with Gasteiger partial charge in [0, 0.05) is 36.9 Å². The summed E-state index contributed by atoms with van der Waals surface area (Å²) >= 11 is 0. The third-order valence-electron chi connectivity index (χ3n) is 5.25. The van der Waals surface area contributed by atoms with E-state index in [1.807, 2.05) is 23.1 Å². The fraction of sp³-hybridized carbons (Fsp3) is 0.600. The van der Waals surface area contributed by atoms with Gasteiger partial charge in [-0.1, -0.05) is 13.0 Å². The average molecular weight is 396 g/mol. The summed E-state index contributed by atoms with van der Waals surface area (Å²) in [6.07, 6.45) is 3.75. The summed E-state index contributed by atoms with van der Waals surface area (Å²) in [7, 11) is 0. The minimum absolute atomic E-state index is 0. The lowest BCUT2D eigenvalue weighted by Gasteiger charge is -2.32. The first-order valence-corrected chi connectivity index (χ1v) is 9.60. The predicted octanol–water partition coefficient (Wildman–Crippen LogP) is 2.67. The van der Waals surface area contributed by atoms with Gasteiger partial charge in [0.05, 0.1) is 6.10 Å². The van der Waals surface area contributed by atoms with Crippen molar-refractivity contribution in [3.63, 3.8) is 0 Å². The molecule has 0 spiro atoms. The summed E-state index contributed by atoms with van der Waals surface area (Å²) in [5, 5.41) is 2.93. The van der Waals surface area contributed by atoms with E-state index in [4.69, 9.17) is 10.5 Å². The minimum Gasteiger partial charge on any atom is -0.378 e. The molecule has 2 aliphatic rings. The number of hydrogen-bond acceptors (Lipinski definition) is 4. The molecule has 150 valence electrons. The van der Waals surface area contributed by atoms with Gasteiger partial charge in [0.2, 0.25) is 5.91 Å². The van der Waals surface area contributed by atoms with Crippen molar-refractivity contribution in [1.82, 2.24) is 4.90 Å². The summed E-state index contributed by atoms with van der Waals surface area (Å²) < 4.78 is 5.79. The molecule has 3 rings (SSSR count). The number of nitrogens with one attached hydrogen (secondary N) is 1. The zero-order valence-corrected chi connectivity index (χ0v) is 16.7. The van der Waals surface area contributed by atoms with E-state index in [0.717, 1.165) is 25.7 Å². The van der Waals surface area contributed by atoms with Crippen LogP contribution < -0.4 is 11.1 Å². The summed E-state index contributed by atoms with van der Waals surface area (Å²) in [4.78, 5) is 26.7. The normalized spacial score (nSPS) is 22.1. The number of carbonyl (C=O) groups is 2. The maximum Gasteiger partial charge on any atom is 0.253 e. The number of carbonyl (C=O) groups excluding carboxylic acids is 2.